The smallest absolute Gasteiger partial charge is 0.276 e. The predicted octanol–water partition coefficient (Wildman–Crippen LogP) is 2.36. The van der Waals surface area contributed by atoms with E-state index in [0.717, 1.165) is 5.01 Å². The van der Waals surface area contributed by atoms with E-state index in [1.807, 2.05) is 19.1 Å². The topological polar surface area (TPSA) is 68.5 Å². The first-order chi connectivity index (χ1) is 9.67. The lowest BCUT2D eigenvalue weighted by atomic mass is 10.3. The number of nitrogens with one attached hydrogen (secondary N) is 1. The number of anilines is 1. The second-order valence-electron chi connectivity index (χ2n) is 4.13. The molecule has 0 saturated heterocycles. The van der Waals surface area contributed by atoms with Gasteiger partial charge >= 0.3 is 0 Å². The van der Waals surface area contributed by atoms with Gasteiger partial charge in [-0.15, -0.1) is 0 Å². The third kappa shape index (κ3) is 2.23. The number of carbonyl (C=O) groups is 1. The maximum absolute atomic E-state index is 12.2. The molecule has 0 atom stereocenters. The number of methoxy groups -OCH3 is 1. The van der Waals surface area contributed by atoms with Gasteiger partial charge in [0, 0.05) is 0 Å². The van der Waals surface area contributed by atoms with Crippen molar-refractivity contribution in [3.05, 3.63) is 41.2 Å². The van der Waals surface area contributed by atoms with Crippen molar-refractivity contribution in [2.45, 2.75) is 6.92 Å². The molecule has 3 rings (SSSR count). The van der Waals surface area contributed by atoms with Crippen LogP contribution in [0.25, 0.3) is 4.96 Å². The Morgan fingerprint density at radius 1 is 1.40 bits per heavy atom. The minimum Gasteiger partial charge on any atom is -0.495 e. The zero-order chi connectivity index (χ0) is 14.1. The van der Waals surface area contributed by atoms with Crippen molar-refractivity contribution in [2.75, 3.05) is 12.4 Å². The molecule has 1 amide bonds. The number of ether oxygens (including phenoxy) is 1. The van der Waals surface area contributed by atoms with Crippen LogP contribution in [0, 0.1) is 6.92 Å². The highest BCUT2D eigenvalue weighted by Crippen LogP contribution is 2.23. The van der Waals surface area contributed by atoms with Gasteiger partial charge in [-0.25, -0.2) is 9.50 Å². The summed E-state index contributed by atoms with van der Waals surface area (Å²) in [5.74, 6) is 0.320. The van der Waals surface area contributed by atoms with E-state index in [-0.39, 0.29) is 5.91 Å². The highest BCUT2D eigenvalue weighted by molar-refractivity contribution is 7.16. The zero-order valence-corrected chi connectivity index (χ0v) is 11.8. The van der Waals surface area contributed by atoms with Crippen LogP contribution >= 0.6 is 11.3 Å². The Balaban J connectivity index is 1.86. The Morgan fingerprint density at radius 3 is 2.95 bits per heavy atom. The largest absolute Gasteiger partial charge is 0.495 e. The van der Waals surface area contributed by atoms with Crippen molar-refractivity contribution in [3.8, 4) is 5.75 Å². The van der Waals surface area contributed by atoms with Gasteiger partial charge in [0.15, 0.2) is 0 Å². The van der Waals surface area contributed by atoms with Crippen molar-refractivity contribution in [1.82, 2.24) is 14.6 Å². The van der Waals surface area contributed by atoms with Crippen molar-refractivity contribution in [3.63, 3.8) is 0 Å². The molecule has 3 aromatic rings. The van der Waals surface area contributed by atoms with Crippen molar-refractivity contribution >= 4 is 27.9 Å². The van der Waals surface area contributed by atoms with Gasteiger partial charge < -0.3 is 10.1 Å². The van der Waals surface area contributed by atoms with E-state index in [0.29, 0.717) is 22.1 Å². The minimum atomic E-state index is -0.287. The van der Waals surface area contributed by atoms with Gasteiger partial charge in [0.1, 0.15) is 16.5 Å². The molecule has 0 fully saturated rings. The van der Waals surface area contributed by atoms with Gasteiger partial charge in [-0.2, -0.15) is 5.10 Å². The summed E-state index contributed by atoms with van der Waals surface area (Å²) in [6.45, 7) is 1.90. The fraction of sp³-hybridized carbons (Fsp3) is 0.154. The summed E-state index contributed by atoms with van der Waals surface area (Å²) in [5, 5.41) is 7.91. The van der Waals surface area contributed by atoms with E-state index in [1.165, 1.54) is 11.3 Å². The Hall–Kier alpha value is -2.41. The number of fused-ring (bicyclic) bond motifs is 1. The minimum absolute atomic E-state index is 0.287. The summed E-state index contributed by atoms with van der Waals surface area (Å²) in [4.78, 5) is 17.1. The number of para-hydroxylation sites is 2. The summed E-state index contributed by atoms with van der Waals surface area (Å²) >= 11 is 1.44. The zero-order valence-electron chi connectivity index (χ0n) is 11.0. The average molecular weight is 288 g/mol. The third-order valence-electron chi connectivity index (χ3n) is 2.73. The fourth-order valence-electron chi connectivity index (χ4n) is 1.84. The molecule has 1 N–H and O–H groups in total. The summed E-state index contributed by atoms with van der Waals surface area (Å²) < 4.78 is 6.80. The normalized spacial score (nSPS) is 10.7. The van der Waals surface area contributed by atoms with Crippen molar-refractivity contribution in [1.29, 1.82) is 0 Å². The molecular weight excluding hydrogens is 276 g/mol. The molecule has 20 heavy (non-hydrogen) atoms. The number of rotatable bonds is 3. The highest BCUT2D eigenvalue weighted by atomic mass is 32.1. The van der Waals surface area contributed by atoms with Crippen LogP contribution in [0.15, 0.2) is 30.5 Å². The van der Waals surface area contributed by atoms with E-state index < -0.39 is 0 Å². The molecule has 6 nitrogen and oxygen atoms in total. The van der Waals surface area contributed by atoms with Crippen LogP contribution in [0.5, 0.6) is 5.75 Å². The van der Waals surface area contributed by atoms with Crippen LogP contribution in [0.1, 0.15) is 15.5 Å². The first-order valence-corrected chi connectivity index (χ1v) is 6.76. The number of aromatic nitrogens is 3. The Morgan fingerprint density at radius 2 is 2.20 bits per heavy atom. The van der Waals surface area contributed by atoms with Gasteiger partial charge in [-0.05, 0) is 19.1 Å². The molecule has 0 aliphatic carbocycles. The van der Waals surface area contributed by atoms with Crippen LogP contribution in [0.2, 0.25) is 0 Å². The van der Waals surface area contributed by atoms with Crippen LogP contribution in [0.4, 0.5) is 5.69 Å². The molecule has 2 heterocycles. The fourth-order valence-corrected chi connectivity index (χ4v) is 2.57. The Labute approximate surface area is 119 Å². The number of nitrogens with zero attached hydrogens (tertiary/aromatic N) is 3. The summed E-state index contributed by atoms with van der Waals surface area (Å²) in [7, 11) is 1.56. The Bertz CT molecular complexity index is 746. The van der Waals surface area contributed by atoms with E-state index in [2.05, 4.69) is 15.4 Å². The van der Waals surface area contributed by atoms with E-state index >= 15 is 0 Å². The van der Waals surface area contributed by atoms with Gasteiger partial charge in [-0.3, -0.25) is 4.79 Å². The van der Waals surface area contributed by atoms with Crippen molar-refractivity contribution in [2.24, 2.45) is 0 Å². The quantitative estimate of drug-likeness (QED) is 0.803. The first kappa shape index (κ1) is 12.6. The lowest BCUT2D eigenvalue weighted by molar-refractivity contribution is 0.102. The third-order valence-corrected chi connectivity index (χ3v) is 3.57. The Kier molecular flexibility index (Phi) is 3.11. The number of amides is 1. The van der Waals surface area contributed by atoms with Crippen molar-refractivity contribution < 1.29 is 9.53 Å². The summed E-state index contributed by atoms with van der Waals surface area (Å²) in [5.41, 5.74) is 0.940. The number of hydrogen-bond donors (Lipinski definition) is 1. The van der Waals surface area contributed by atoms with Crippen LogP contribution in [-0.4, -0.2) is 27.6 Å². The molecule has 0 radical (unpaired) electrons. The van der Waals surface area contributed by atoms with Gasteiger partial charge in [-0.1, -0.05) is 23.5 Å². The van der Waals surface area contributed by atoms with Gasteiger partial charge in [0.2, 0.25) is 4.96 Å². The molecule has 102 valence electrons. The molecule has 7 heteroatoms. The number of carbonyl (C=O) groups excluding carboxylic acids is 1. The SMILES string of the molecule is COc1ccccc1NC(=O)c1cn2nc(C)sc2n1. The second-order valence-corrected chi connectivity index (χ2v) is 5.29. The number of aryl methyl sites for hydroxylation is 1. The van der Waals surface area contributed by atoms with Crippen LogP contribution in [-0.2, 0) is 0 Å². The summed E-state index contributed by atoms with van der Waals surface area (Å²) in [6, 6.07) is 7.23. The van der Waals surface area contributed by atoms with Gasteiger partial charge in [0.25, 0.3) is 5.91 Å². The maximum atomic E-state index is 12.2. The molecule has 0 unspecified atom stereocenters. The van der Waals surface area contributed by atoms with Gasteiger partial charge in [0.05, 0.1) is 19.0 Å². The highest BCUT2D eigenvalue weighted by Gasteiger charge is 2.14. The van der Waals surface area contributed by atoms with E-state index in [4.69, 9.17) is 4.74 Å². The van der Waals surface area contributed by atoms with E-state index in [1.54, 1.807) is 30.0 Å². The molecule has 2 aromatic heterocycles. The summed E-state index contributed by atoms with van der Waals surface area (Å²) in [6.07, 6.45) is 1.61. The molecule has 0 bridgehead atoms. The molecule has 0 saturated carbocycles. The average Bonchev–Trinajstić information content (AvgIpc) is 2.96. The lowest BCUT2D eigenvalue weighted by Crippen LogP contribution is -2.13. The molecule has 1 aromatic carbocycles. The first-order valence-electron chi connectivity index (χ1n) is 5.94. The molecule has 0 spiro atoms. The monoisotopic (exact) mass is 288 g/mol. The molecule has 0 aliphatic heterocycles. The maximum Gasteiger partial charge on any atom is 0.276 e. The molecular formula is C13H12N4O2S. The number of imidazole rings is 1. The lowest BCUT2D eigenvalue weighted by Gasteiger charge is -2.08. The standard InChI is InChI=1S/C13H12N4O2S/c1-8-16-17-7-10(15-13(17)20-8)12(18)14-9-5-3-4-6-11(9)19-2/h3-7H,1-2H3,(H,14,18). The predicted molar refractivity (Wildman–Crippen MR) is 76.5 cm³/mol. The number of hydrogen-bond acceptors (Lipinski definition) is 5. The van der Waals surface area contributed by atoms with Crippen LogP contribution < -0.4 is 10.1 Å². The van der Waals surface area contributed by atoms with Crippen LogP contribution in [0.3, 0.4) is 0 Å². The van der Waals surface area contributed by atoms with E-state index in [9.17, 15) is 4.79 Å². The number of benzene rings is 1. The molecule has 0 aliphatic rings. The second kappa shape index (κ2) is 4.93.